The molecule has 19 heavy (non-hydrogen) atoms. The molecular formula is C18H21N. The number of nitrogens with zero attached hydrogens (tertiary/aromatic N) is 1. The van der Waals surface area contributed by atoms with Crippen molar-refractivity contribution >= 4 is 5.71 Å². The Kier molecular flexibility index (Phi) is 4.91. The van der Waals surface area contributed by atoms with Crippen LogP contribution in [0, 0.1) is 0 Å². The van der Waals surface area contributed by atoms with Gasteiger partial charge in [-0.1, -0.05) is 74.0 Å². The van der Waals surface area contributed by atoms with Gasteiger partial charge < -0.3 is 0 Å². The van der Waals surface area contributed by atoms with E-state index in [1.165, 1.54) is 11.1 Å². The average Bonchev–Trinajstić information content (AvgIpc) is 2.48. The van der Waals surface area contributed by atoms with Crippen LogP contribution in [-0.2, 0) is 0 Å². The van der Waals surface area contributed by atoms with E-state index in [4.69, 9.17) is 4.99 Å². The molecule has 0 spiro atoms. The molecule has 0 fully saturated rings. The molecule has 0 aliphatic rings. The molecule has 0 N–H and O–H groups in total. The van der Waals surface area contributed by atoms with E-state index in [-0.39, 0.29) is 6.04 Å². The van der Waals surface area contributed by atoms with Gasteiger partial charge in [0.05, 0.1) is 6.04 Å². The quantitative estimate of drug-likeness (QED) is 0.660. The summed E-state index contributed by atoms with van der Waals surface area (Å²) in [5.41, 5.74) is 3.63. The number of rotatable bonds is 5. The van der Waals surface area contributed by atoms with Gasteiger partial charge in [-0.05, 0) is 24.5 Å². The first kappa shape index (κ1) is 13.5. The molecule has 1 heteroatoms. The van der Waals surface area contributed by atoms with E-state index in [1.807, 2.05) is 6.07 Å². The standard InChI is InChI=1S/C18H21N/c1-3-10-18(17-13-8-5-9-14-17)19-15(2)16-11-6-4-7-12-16/h4-9,11-14,18H,3,10H2,1-2H3. The first-order valence-corrected chi connectivity index (χ1v) is 6.96. The summed E-state index contributed by atoms with van der Waals surface area (Å²) in [4.78, 5) is 4.92. The summed E-state index contributed by atoms with van der Waals surface area (Å²) >= 11 is 0. The number of hydrogen-bond acceptors (Lipinski definition) is 1. The van der Waals surface area contributed by atoms with E-state index in [1.54, 1.807) is 0 Å². The van der Waals surface area contributed by atoms with Crippen molar-refractivity contribution in [1.82, 2.24) is 0 Å². The van der Waals surface area contributed by atoms with Gasteiger partial charge in [-0.25, -0.2) is 0 Å². The lowest BCUT2D eigenvalue weighted by atomic mass is 10.0. The fourth-order valence-corrected chi connectivity index (χ4v) is 2.24. The van der Waals surface area contributed by atoms with Crippen LogP contribution in [-0.4, -0.2) is 5.71 Å². The topological polar surface area (TPSA) is 12.4 Å². The molecule has 2 aromatic rings. The molecule has 1 atom stereocenters. The molecule has 0 saturated heterocycles. The van der Waals surface area contributed by atoms with Gasteiger partial charge in [0.2, 0.25) is 0 Å². The minimum absolute atomic E-state index is 0.270. The molecule has 0 aliphatic carbocycles. The summed E-state index contributed by atoms with van der Waals surface area (Å²) in [6, 6.07) is 21.2. The first-order chi connectivity index (χ1) is 9.31. The maximum absolute atomic E-state index is 4.92. The van der Waals surface area contributed by atoms with Crippen LogP contribution in [0.4, 0.5) is 0 Å². The fraction of sp³-hybridized carbons (Fsp3) is 0.278. The molecular weight excluding hydrogens is 230 g/mol. The second-order valence-electron chi connectivity index (χ2n) is 4.80. The molecule has 98 valence electrons. The normalized spacial score (nSPS) is 13.3. The van der Waals surface area contributed by atoms with Crippen molar-refractivity contribution in [1.29, 1.82) is 0 Å². The summed E-state index contributed by atoms with van der Waals surface area (Å²) < 4.78 is 0. The van der Waals surface area contributed by atoms with E-state index < -0.39 is 0 Å². The zero-order valence-corrected chi connectivity index (χ0v) is 11.7. The Labute approximate surface area is 116 Å². The Balaban J connectivity index is 2.26. The third kappa shape index (κ3) is 3.78. The van der Waals surface area contributed by atoms with Crippen molar-refractivity contribution in [3.05, 3.63) is 71.8 Å². The molecule has 0 aliphatic heterocycles. The molecule has 0 amide bonds. The number of aliphatic imine (C=N–C) groups is 1. The smallest absolute Gasteiger partial charge is 0.0752 e. The molecule has 0 saturated carbocycles. The Hall–Kier alpha value is -1.89. The number of benzene rings is 2. The van der Waals surface area contributed by atoms with Gasteiger partial charge in [0.15, 0.2) is 0 Å². The zero-order valence-electron chi connectivity index (χ0n) is 11.7. The lowest BCUT2D eigenvalue weighted by Gasteiger charge is -2.13. The first-order valence-electron chi connectivity index (χ1n) is 6.96. The van der Waals surface area contributed by atoms with Gasteiger partial charge in [-0.3, -0.25) is 4.99 Å². The lowest BCUT2D eigenvalue weighted by molar-refractivity contribution is 0.641. The van der Waals surface area contributed by atoms with Crippen molar-refractivity contribution in [2.45, 2.75) is 32.7 Å². The van der Waals surface area contributed by atoms with Crippen LogP contribution >= 0.6 is 0 Å². The SMILES string of the molecule is CCCC(N=C(C)c1ccccc1)c1ccccc1. The maximum Gasteiger partial charge on any atom is 0.0752 e. The number of hydrogen-bond donors (Lipinski definition) is 0. The van der Waals surface area contributed by atoms with Crippen molar-refractivity contribution in [2.75, 3.05) is 0 Å². The third-order valence-corrected chi connectivity index (χ3v) is 3.29. The molecule has 0 bridgehead atoms. The van der Waals surface area contributed by atoms with E-state index >= 15 is 0 Å². The van der Waals surface area contributed by atoms with Crippen molar-refractivity contribution in [3.63, 3.8) is 0 Å². The van der Waals surface area contributed by atoms with E-state index in [9.17, 15) is 0 Å². The van der Waals surface area contributed by atoms with Gasteiger partial charge in [-0.2, -0.15) is 0 Å². The highest BCUT2D eigenvalue weighted by molar-refractivity contribution is 5.98. The van der Waals surface area contributed by atoms with Crippen molar-refractivity contribution in [3.8, 4) is 0 Å². The van der Waals surface area contributed by atoms with Crippen molar-refractivity contribution in [2.24, 2.45) is 4.99 Å². The second kappa shape index (κ2) is 6.89. The molecule has 0 heterocycles. The van der Waals surface area contributed by atoms with Crippen LogP contribution < -0.4 is 0 Å². The molecule has 2 aromatic carbocycles. The highest BCUT2D eigenvalue weighted by atomic mass is 14.8. The van der Waals surface area contributed by atoms with Gasteiger partial charge >= 0.3 is 0 Å². The summed E-state index contributed by atoms with van der Waals surface area (Å²) in [5.74, 6) is 0. The third-order valence-electron chi connectivity index (χ3n) is 3.29. The fourth-order valence-electron chi connectivity index (χ4n) is 2.24. The Bertz CT molecular complexity index is 514. The van der Waals surface area contributed by atoms with E-state index in [0.717, 1.165) is 18.6 Å². The van der Waals surface area contributed by atoms with Crippen LogP contribution in [0.3, 0.4) is 0 Å². The molecule has 0 aromatic heterocycles. The van der Waals surface area contributed by atoms with Crippen LogP contribution in [0.25, 0.3) is 0 Å². The van der Waals surface area contributed by atoms with Crippen molar-refractivity contribution < 1.29 is 0 Å². The molecule has 1 unspecified atom stereocenters. The molecule has 2 rings (SSSR count). The largest absolute Gasteiger partial charge is 0.281 e. The van der Waals surface area contributed by atoms with Crippen LogP contribution in [0.2, 0.25) is 0 Å². The minimum Gasteiger partial charge on any atom is -0.281 e. The van der Waals surface area contributed by atoms with Gasteiger partial charge in [0.25, 0.3) is 0 Å². The van der Waals surface area contributed by atoms with Crippen LogP contribution in [0.5, 0.6) is 0 Å². The molecule has 0 radical (unpaired) electrons. The van der Waals surface area contributed by atoms with Crippen LogP contribution in [0.15, 0.2) is 65.7 Å². The molecule has 1 nitrogen and oxygen atoms in total. The summed E-state index contributed by atoms with van der Waals surface area (Å²) in [5, 5.41) is 0. The Morgan fingerprint density at radius 3 is 2.11 bits per heavy atom. The van der Waals surface area contributed by atoms with Gasteiger partial charge in [0, 0.05) is 5.71 Å². The zero-order chi connectivity index (χ0) is 13.5. The predicted octanol–water partition coefficient (Wildman–Crippen LogP) is 5.04. The Morgan fingerprint density at radius 2 is 1.53 bits per heavy atom. The monoisotopic (exact) mass is 251 g/mol. The predicted molar refractivity (Wildman–Crippen MR) is 82.7 cm³/mol. The van der Waals surface area contributed by atoms with Crippen LogP contribution in [0.1, 0.15) is 43.9 Å². The Morgan fingerprint density at radius 1 is 0.947 bits per heavy atom. The average molecular weight is 251 g/mol. The second-order valence-corrected chi connectivity index (χ2v) is 4.80. The van der Waals surface area contributed by atoms with E-state index in [0.29, 0.717) is 0 Å². The highest BCUT2D eigenvalue weighted by Crippen LogP contribution is 2.23. The highest BCUT2D eigenvalue weighted by Gasteiger charge is 2.09. The van der Waals surface area contributed by atoms with E-state index in [2.05, 4.69) is 68.4 Å². The summed E-state index contributed by atoms with van der Waals surface area (Å²) in [7, 11) is 0. The summed E-state index contributed by atoms with van der Waals surface area (Å²) in [6.07, 6.45) is 2.24. The van der Waals surface area contributed by atoms with Gasteiger partial charge in [-0.15, -0.1) is 0 Å². The maximum atomic E-state index is 4.92. The van der Waals surface area contributed by atoms with Gasteiger partial charge in [0.1, 0.15) is 0 Å². The lowest BCUT2D eigenvalue weighted by Crippen LogP contribution is -2.01. The summed E-state index contributed by atoms with van der Waals surface area (Å²) in [6.45, 7) is 4.31. The minimum atomic E-state index is 0.270.